The first-order valence-corrected chi connectivity index (χ1v) is 16.7. The number of amides is 2. The predicted octanol–water partition coefficient (Wildman–Crippen LogP) is 5.29. The lowest BCUT2D eigenvalue weighted by Gasteiger charge is -2.29. The highest BCUT2D eigenvalue weighted by molar-refractivity contribution is 6.15. The van der Waals surface area contributed by atoms with Gasteiger partial charge in [0.1, 0.15) is 23.3 Å². The molecule has 2 unspecified atom stereocenters. The molecule has 3 aromatic rings. The summed E-state index contributed by atoms with van der Waals surface area (Å²) < 4.78 is 22.3. The number of nitrogens with one attached hydrogen (secondary N) is 3. The minimum atomic E-state index is -1.08. The van der Waals surface area contributed by atoms with E-state index in [4.69, 9.17) is 18.6 Å². The zero-order valence-corrected chi connectivity index (χ0v) is 30.1. The van der Waals surface area contributed by atoms with Gasteiger partial charge in [-0.2, -0.15) is 0 Å². The fourth-order valence-electron chi connectivity index (χ4n) is 5.81. The first kappa shape index (κ1) is 38.3. The fraction of sp³-hybridized carbons (Fsp3) is 0.486. The molecule has 4 rings (SSSR count). The van der Waals surface area contributed by atoms with Gasteiger partial charge in [-0.1, -0.05) is 27.7 Å². The summed E-state index contributed by atoms with van der Waals surface area (Å²) in [6.45, 7) is 15.2. The number of hydrogen-bond donors (Lipinski definition) is 3. The van der Waals surface area contributed by atoms with Crippen LogP contribution in [0.2, 0.25) is 0 Å². The van der Waals surface area contributed by atoms with Crippen molar-refractivity contribution in [2.75, 3.05) is 18.5 Å². The fourth-order valence-corrected chi connectivity index (χ4v) is 5.81. The molecule has 16 heteroatoms. The number of aryl methyl sites for hydroxylation is 2. The molecule has 1 aliphatic rings. The van der Waals surface area contributed by atoms with Crippen LogP contribution in [0.15, 0.2) is 15.3 Å². The van der Waals surface area contributed by atoms with E-state index in [2.05, 4.69) is 20.9 Å². The Balaban J connectivity index is 1.97. The largest absolute Gasteiger partial charge is 0.464 e. The number of aromatic nitrogens is 1. The highest BCUT2D eigenvalue weighted by Crippen LogP contribution is 2.52. The first-order valence-electron chi connectivity index (χ1n) is 16.7. The molecule has 0 spiro atoms. The molecule has 274 valence electrons. The summed E-state index contributed by atoms with van der Waals surface area (Å²) >= 11 is 0. The van der Waals surface area contributed by atoms with Crippen LogP contribution in [0.25, 0.3) is 11.1 Å². The molecule has 2 amide bonds. The van der Waals surface area contributed by atoms with Crippen LogP contribution in [0.1, 0.15) is 91.9 Å². The van der Waals surface area contributed by atoms with E-state index < -0.39 is 52.1 Å². The maximum Gasteiger partial charge on any atom is 0.357 e. The molecule has 0 saturated heterocycles. The van der Waals surface area contributed by atoms with E-state index in [9.17, 15) is 34.1 Å². The predicted molar refractivity (Wildman–Crippen MR) is 186 cm³/mol. The van der Waals surface area contributed by atoms with E-state index in [0.29, 0.717) is 0 Å². The molecular formula is C35H43N5O11. The lowest BCUT2D eigenvalue weighted by atomic mass is 9.97. The molecule has 2 heterocycles. The van der Waals surface area contributed by atoms with Crippen LogP contribution in [0, 0.1) is 42.7 Å². The van der Waals surface area contributed by atoms with Gasteiger partial charge >= 0.3 is 17.6 Å². The van der Waals surface area contributed by atoms with Crippen LogP contribution in [-0.2, 0) is 19.1 Å². The Morgan fingerprint density at radius 3 is 1.92 bits per heavy atom. The van der Waals surface area contributed by atoms with E-state index in [1.165, 1.54) is 13.8 Å². The third-order valence-corrected chi connectivity index (χ3v) is 8.17. The van der Waals surface area contributed by atoms with Crippen molar-refractivity contribution in [2.45, 2.75) is 87.2 Å². The van der Waals surface area contributed by atoms with Crippen LogP contribution in [0.5, 0.6) is 11.5 Å². The molecular weight excluding hydrogens is 666 g/mol. The van der Waals surface area contributed by atoms with Crippen molar-refractivity contribution >= 4 is 51.9 Å². The summed E-state index contributed by atoms with van der Waals surface area (Å²) in [5.41, 5.74) is -1.65. The number of hydrogen-bond acceptors (Lipinski definition) is 13. The van der Waals surface area contributed by atoms with Crippen molar-refractivity contribution in [3.63, 3.8) is 0 Å². The van der Waals surface area contributed by atoms with Gasteiger partial charge in [-0.05, 0) is 59.3 Å². The average Bonchev–Trinajstić information content (AvgIpc) is 3.04. The number of carbonyl (C=O) groups excluding carboxylic acids is 4. The van der Waals surface area contributed by atoms with Crippen molar-refractivity contribution in [1.82, 2.24) is 15.6 Å². The van der Waals surface area contributed by atoms with Crippen LogP contribution < -0.4 is 26.3 Å². The number of ether oxygens (including phenoxy) is 3. The van der Waals surface area contributed by atoms with E-state index in [-0.39, 0.29) is 99.8 Å². The highest BCUT2D eigenvalue weighted by atomic mass is 16.6. The van der Waals surface area contributed by atoms with Crippen molar-refractivity contribution in [1.29, 1.82) is 0 Å². The van der Waals surface area contributed by atoms with Crippen molar-refractivity contribution in [3.8, 4) is 11.5 Å². The van der Waals surface area contributed by atoms with Gasteiger partial charge in [0.15, 0.2) is 17.1 Å². The van der Waals surface area contributed by atoms with Crippen molar-refractivity contribution < 1.29 is 42.7 Å². The van der Waals surface area contributed by atoms with Crippen LogP contribution in [0.3, 0.4) is 0 Å². The molecule has 3 N–H and O–H groups in total. The number of esters is 2. The molecule has 16 nitrogen and oxygen atoms in total. The van der Waals surface area contributed by atoms with Gasteiger partial charge in [0.25, 0.3) is 17.5 Å². The summed E-state index contributed by atoms with van der Waals surface area (Å²) in [6, 6.07) is -1.09. The quantitative estimate of drug-likeness (QED) is 0.0915. The van der Waals surface area contributed by atoms with Gasteiger partial charge in [-0.15, -0.1) is 0 Å². The molecule has 0 bridgehead atoms. The minimum absolute atomic E-state index is 0.00988. The van der Waals surface area contributed by atoms with Crippen LogP contribution >= 0.6 is 0 Å². The van der Waals surface area contributed by atoms with Crippen molar-refractivity contribution in [3.05, 3.63) is 54.5 Å². The Labute approximate surface area is 293 Å². The van der Waals surface area contributed by atoms with E-state index in [1.54, 1.807) is 20.8 Å². The smallest absolute Gasteiger partial charge is 0.357 e. The lowest BCUT2D eigenvalue weighted by Crippen LogP contribution is -2.43. The van der Waals surface area contributed by atoms with Gasteiger partial charge in [-0.25, -0.2) is 19.4 Å². The Kier molecular flexibility index (Phi) is 11.7. The number of fused-ring (bicyclic) bond motifs is 3. The highest BCUT2D eigenvalue weighted by Gasteiger charge is 2.37. The Morgan fingerprint density at radius 1 is 0.882 bits per heavy atom. The second kappa shape index (κ2) is 15.6. The molecule has 2 aromatic carbocycles. The Bertz CT molecular complexity index is 1970. The number of anilines is 2. The van der Waals surface area contributed by atoms with Gasteiger partial charge < -0.3 is 34.6 Å². The minimum Gasteiger partial charge on any atom is -0.464 e. The Morgan fingerprint density at radius 2 is 1.41 bits per heavy atom. The normalized spacial score (nSPS) is 13.0. The van der Waals surface area contributed by atoms with Gasteiger partial charge in [0.2, 0.25) is 0 Å². The first-order chi connectivity index (χ1) is 24.0. The number of benzene rings is 2. The second-order valence-corrected chi connectivity index (χ2v) is 13.0. The maximum absolute atomic E-state index is 14.3. The number of nitrogens with zero attached hydrogens (tertiary/aromatic N) is 2. The molecule has 1 aliphatic heterocycles. The summed E-state index contributed by atoms with van der Waals surface area (Å²) in [5.74, 6) is -3.19. The molecule has 1 aromatic heterocycles. The van der Waals surface area contributed by atoms with Gasteiger partial charge in [0, 0.05) is 11.6 Å². The SMILES string of the molecule is CCOC(=O)C(CC(C)C)NC(=O)c1cc([N+](=O)[O-])c(C)c2c1Nc1c(c(C)c3oc(=O)c(C)nc3c1C(=O)NC(CC(C)C)C(=O)OCC)O2. The van der Waals surface area contributed by atoms with E-state index >= 15 is 0 Å². The molecule has 2 atom stereocenters. The molecule has 0 saturated carbocycles. The van der Waals surface area contributed by atoms with E-state index in [1.807, 2.05) is 27.7 Å². The topological polar surface area (TPSA) is 218 Å². The van der Waals surface area contributed by atoms with Crippen LogP contribution in [-0.4, -0.2) is 59.0 Å². The number of carbonyl (C=O) groups is 4. The average molecular weight is 710 g/mol. The Hall–Kier alpha value is -5.54. The van der Waals surface area contributed by atoms with Crippen molar-refractivity contribution in [2.24, 2.45) is 11.8 Å². The third kappa shape index (κ3) is 7.94. The standard InChI is InChI=1S/C35H43N5O11/c1-10-48-34(44)21(12-15(3)4)37-31(41)20-14-23(40(46)47)17(7)28-25(20)39-27-24(32(42)38-22(13-16(5)6)35(45)49-11-2)26-30(18(8)29(27)50-28)51-33(43)19(9)36-26/h14-16,21-22,39H,10-13H2,1-9H3,(H,37,41)(H,38,42). The molecule has 0 aliphatic carbocycles. The summed E-state index contributed by atoms with van der Waals surface area (Å²) in [4.78, 5) is 82.5. The summed E-state index contributed by atoms with van der Waals surface area (Å²) in [6.07, 6.45) is 0.452. The molecule has 51 heavy (non-hydrogen) atoms. The molecule has 0 fully saturated rings. The number of nitro benzene ring substituents is 1. The molecule has 0 radical (unpaired) electrons. The van der Waals surface area contributed by atoms with Gasteiger partial charge in [0.05, 0.1) is 46.2 Å². The summed E-state index contributed by atoms with van der Waals surface area (Å²) in [5, 5.41) is 20.7. The number of rotatable bonds is 13. The summed E-state index contributed by atoms with van der Waals surface area (Å²) in [7, 11) is 0. The van der Waals surface area contributed by atoms with Crippen LogP contribution in [0.4, 0.5) is 17.1 Å². The van der Waals surface area contributed by atoms with E-state index in [0.717, 1.165) is 6.07 Å². The number of nitro groups is 1. The zero-order valence-electron chi connectivity index (χ0n) is 30.1. The zero-order chi connectivity index (χ0) is 37.9. The monoisotopic (exact) mass is 709 g/mol. The second-order valence-electron chi connectivity index (χ2n) is 13.0. The third-order valence-electron chi connectivity index (χ3n) is 8.17. The lowest BCUT2D eigenvalue weighted by molar-refractivity contribution is -0.385. The van der Waals surface area contributed by atoms with Gasteiger partial charge in [-0.3, -0.25) is 19.7 Å². The maximum atomic E-state index is 14.3.